The summed E-state index contributed by atoms with van der Waals surface area (Å²) in [4.78, 5) is 28.8. The predicted octanol–water partition coefficient (Wildman–Crippen LogP) is 4.37. The highest BCUT2D eigenvalue weighted by Gasteiger charge is 2.48. The van der Waals surface area contributed by atoms with Crippen LogP contribution in [0.4, 0.5) is 22.7 Å². The van der Waals surface area contributed by atoms with Crippen molar-refractivity contribution in [1.29, 1.82) is 0 Å². The lowest BCUT2D eigenvalue weighted by atomic mass is 9.75. The number of hydrogen-bond acceptors (Lipinski definition) is 7. The molecule has 4 aliphatic rings. The largest absolute Gasteiger partial charge is 0.395 e. The second-order valence-electron chi connectivity index (χ2n) is 10.8. The van der Waals surface area contributed by atoms with E-state index in [4.69, 9.17) is 9.84 Å². The number of piperidine rings is 1. The lowest BCUT2D eigenvalue weighted by Gasteiger charge is -2.35. The molecule has 0 unspecified atom stereocenters. The highest BCUT2D eigenvalue weighted by atomic mass is 32.2. The molecule has 2 aromatic carbocycles. The zero-order valence-corrected chi connectivity index (χ0v) is 21.8. The molecule has 2 saturated heterocycles. The van der Waals surface area contributed by atoms with Crippen LogP contribution in [0.3, 0.4) is 0 Å². The maximum absolute atomic E-state index is 13.6. The van der Waals surface area contributed by atoms with Crippen LogP contribution in [-0.2, 0) is 14.9 Å². The number of carbonyl (C=O) groups is 2. The van der Waals surface area contributed by atoms with Crippen molar-refractivity contribution < 1.29 is 19.4 Å². The zero-order chi connectivity index (χ0) is 25.5. The molecule has 3 aliphatic heterocycles. The first-order valence-corrected chi connectivity index (χ1v) is 14.2. The fourth-order valence-electron chi connectivity index (χ4n) is 6.03. The molecule has 0 radical (unpaired) electrons. The Kier molecular flexibility index (Phi) is 6.54. The van der Waals surface area contributed by atoms with Gasteiger partial charge in [0.2, 0.25) is 5.91 Å². The second-order valence-corrected chi connectivity index (χ2v) is 11.7. The van der Waals surface area contributed by atoms with E-state index in [0.29, 0.717) is 48.5 Å². The minimum Gasteiger partial charge on any atom is -0.395 e. The van der Waals surface area contributed by atoms with Gasteiger partial charge in [-0.05, 0) is 85.9 Å². The van der Waals surface area contributed by atoms with E-state index in [9.17, 15) is 9.59 Å². The molecule has 0 bridgehead atoms. The first-order valence-electron chi connectivity index (χ1n) is 13.2. The van der Waals surface area contributed by atoms with E-state index in [-0.39, 0.29) is 18.4 Å². The van der Waals surface area contributed by atoms with Gasteiger partial charge in [0, 0.05) is 49.1 Å². The fraction of sp³-hybridized carbons (Fsp3) is 0.500. The van der Waals surface area contributed by atoms with Crippen LogP contribution in [0.1, 0.15) is 54.4 Å². The average Bonchev–Trinajstić information content (AvgIpc) is 3.63. The molecule has 2 aromatic rings. The van der Waals surface area contributed by atoms with E-state index in [1.807, 2.05) is 36.4 Å². The number of rotatable bonds is 7. The van der Waals surface area contributed by atoms with Crippen LogP contribution >= 0.6 is 11.9 Å². The van der Waals surface area contributed by atoms with Crippen LogP contribution in [0.25, 0.3) is 0 Å². The van der Waals surface area contributed by atoms with Crippen LogP contribution in [-0.4, -0.2) is 55.6 Å². The number of carbonyl (C=O) groups excluding carboxylic acids is 2. The summed E-state index contributed by atoms with van der Waals surface area (Å²) < 4.78 is 8.81. The molecule has 0 atom stereocenters. The summed E-state index contributed by atoms with van der Waals surface area (Å²) in [6.45, 7) is 3.12. The lowest BCUT2D eigenvalue weighted by Crippen LogP contribution is -2.40. The Morgan fingerprint density at radius 3 is 2.51 bits per heavy atom. The number of aliphatic hydroxyl groups is 1. The van der Waals surface area contributed by atoms with Crippen molar-refractivity contribution in [2.75, 3.05) is 58.9 Å². The maximum Gasteiger partial charge on any atom is 0.257 e. The topological polar surface area (TPSA) is 103 Å². The average molecular weight is 523 g/mol. The Bertz CT molecular complexity index is 1200. The molecule has 2 amide bonds. The summed E-state index contributed by atoms with van der Waals surface area (Å²) in [7, 11) is 0. The molecule has 2 spiro atoms. The minimum atomic E-state index is -0.578. The molecule has 6 rings (SSSR count). The normalized spacial score (nSPS) is 21.0. The molecule has 8 nitrogen and oxygen atoms in total. The number of fused-ring (bicyclic) bond motifs is 2. The lowest BCUT2D eigenvalue weighted by molar-refractivity contribution is -0.124. The molecule has 3 heterocycles. The van der Waals surface area contributed by atoms with E-state index in [1.165, 1.54) is 37.6 Å². The summed E-state index contributed by atoms with van der Waals surface area (Å²) in [5.41, 5.74) is 4.91. The van der Waals surface area contributed by atoms with Crippen LogP contribution in [0.2, 0.25) is 0 Å². The Balaban J connectivity index is 1.25. The Hall–Kier alpha value is -2.75. The molecular formula is C28H34N4O4S. The van der Waals surface area contributed by atoms with Gasteiger partial charge in [-0.3, -0.25) is 9.59 Å². The standard InChI is InChI=1S/C28H34N4O4S/c33-13-16-37-31-20-1-3-21(24(18-20)32-11-7-27(5-6-27)8-12-32)25(34)29-19-2-4-23-22(17-19)28(26(35)30-23)9-14-36-15-10-28/h1-4,17-18,31,33H,5-16H2,(H,29,34)(H,30,35). The summed E-state index contributed by atoms with van der Waals surface area (Å²) in [6, 6.07) is 11.5. The van der Waals surface area contributed by atoms with Gasteiger partial charge in [-0.25, -0.2) is 0 Å². The molecule has 9 heteroatoms. The third-order valence-corrected chi connectivity index (χ3v) is 9.34. The van der Waals surface area contributed by atoms with Gasteiger partial charge in [0.05, 0.1) is 23.3 Å². The van der Waals surface area contributed by atoms with Crippen molar-refractivity contribution in [2.24, 2.45) is 5.41 Å². The van der Waals surface area contributed by atoms with Gasteiger partial charge in [0.25, 0.3) is 5.91 Å². The monoisotopic (exact) mass is 522 g/mol. The Morgan fingerprint density at radius 1 is 1.03 bits per heavy atom. The number of hydrogen-bond donors (Lipinski definition) is 4. The Morgan fingerprint density at radius 2 is 1.78 bits per heavy atom. The highest BCUT2D eigenvalue weighted by molar-refractivity contribution is 8.00. The molecule has 1 saturated carbocycles. The predicted molar refractivity (Wildman–Crippen MR) is 147 cm³/mol. The maximum atomic E-state index is 13.6. The van der Waals surface area contributed by atoms with Gasteiger partial charge in [-0.2, -0.15) is 0 Å². The molecular weight excluding hydrogens is 488 g/mol. The number of nitrogens with zero attached hydrogens (tertiary/aromatic N) is 1. The van der Waals surface area contributed by atoms with Crippen molar-refractivity contribution in [3.05, 3.63) is 47.5 Å². The molecule has 3 fully saturated rings. The Labute approximate surface area is 221 Å². The van der Waals surface area contributed by atoms with Gasteiger partial charge >= 0.3 is 0 Å². The summed E-state index contributed by atoms with van der Waals surface area (Å²) in [5.74, 6) is 0.458. The van der Waals surface area contributed by atoms with E-state index >= 15 is 0 Å². The number of ether oxygens (including phenoxy) is 1. The van der Waals surface area contributed by atoms with Crippen LogP contribution in [0.5, 0.6) is 0 Å². The summed E-state index contributed by atoms with van der Waals surface area (Å²) in [6.07, 6.45) is 6.29. The van der Waals surface area contributed by atoms with Crippen LogP contribution in [0, 0.1) is 5.41 Å². The van der Waals surface area contributed by atoms with Crippen molar-refractivity contribution in [3.63, 3.8) is 0 Å². The molecule has 1 aliphatic carbocycles. The molecule has 196 valence electrons. The number of amides is 2. The zero-order valence-electron chi connectivity index (χ0n) is 21.0. The van der Waals surface area contributed by atoms with Crippen molar-refractivity contribution in [3.8, 4) is 0 Å². The van der Waals surface area contributed by atoms with E-state index in [2.05, 4.69) is 20.3 Å². The first-order chi connectivity index (χ1) is 18.0. The van der Waals surface area contributed by atoms with Crippen molar-refractivity contribution in [2.45, 2.75) is 43.9 Å². The smallest absolute Gasteiger partial charge is 0.257 e. The van der Waals surface area contributed by atoms with Gasteiger partial charge in [0.15, 0.2) is 0 Å². The number of benzene rings is 2. The first kappa shape index (κ1) is 24.6. The van der Waals surface area contributed by atoms with E-state index < -0.39 is 5.41 Å². The summed E-state index contributed by atoms with van der Waals surface area (Å²) in [5, 5.41) is 15.3. The van der Waals surface area contributed by atoms with Gasteiger partial charge in [-0.1, -0.05) is 11.9 Å². The van der Waals surface area contributed by atoms with Gasteiger partial charge in [0.1, 0.15) is 0 Å². The SMILES string of the molecule is O=C(Nc1ccc2c(c1)C1(CCOCC1)C(=O)N2)c1ccc(NSCCO)cc1N1CCC2(CC1)CC2. The van der Waals surface area contributed by atoms with Crippen LogP contribution < -0.4 is 20.3 Å². The third kappa shape index (κ3) is 4.69. The highest BCUT2D eigenvalue weighted by Crippen LogP contribution is 2.54. The van der Waals surface area contributed by atoms with Crippen molar-refractivity contribution in [1.82, 2.24) is 0 Å². The molecule has 0 aromatic heterocycles. The van der Waals surface area contributed by atoms with Gasteiger partial charge in [-0.15, -0.1) is 0 Å². The quantitative estimate of drug-likeness (QED) is 0.316. The third-order valence-electron chi connectivity index (χ3n) is 8.57. The minimum absolute atomic E-state index is 0.0252. The second kappa shape index (κ2) is 9.85. The molecule has 4 N–H and O–H groups in total. The fourth-order valence-corrected chi connectivity index (χ4v) is 6.52. The number of anilines is 4. The number of aliphatic hydroxyl groups excluding tert-OH is 1. The molecule has 37 heavy (non-hydrogen) atoms. The van der Waals surface area contributed by atoms with Crippen molar-refractivity contribution >= 4 is 46.5 Å². The van der Waals surface area contributed by atoms with E-state index in [1.54, 1.807) is 0 Å². The number of nitrogens with one attached hydrogen (secondary N) is 3. The summed E-state index contributed by atoms with van der Waals surface area (Å²) >= 11 is 1.45. The van der Waals surface area contributed by atoms with E-state index in [0.717, 1.165) is 35.7 Å². The van der Waals surface area contributed by atoms with Crippen LogP contribution in [0.15, 0.2) is 36.4 Å². The van der Waals surface area contributed by atoms with Gasteiger partial charge < -0.3 is 30.1 Å².